The predicted octanol–water partition coefficient (Wildman–Crippen LogP) is 0.689. The second-order valence-corrected chi connectivity index (χ2v) is 5.26. The number of hydrogen-bond acceptors (Lipinski definition) is 4. The third-order valence-electron chi connectivity index (χ3n) is 3.77. The summed E-state index contributed by atoms with van der Waals surface area (Å²) < 4.78 is 10.5. The van der Waals surface area contributed by atoms with Crippen LogP contribution in [-0.2, 0) is 9.47 Å². The summed E-state index contributed by atoms with van der Waals surface area (Å²) in [5.74, 6) is 0.880. The Labute approximate surface area is 129 Å². The average molecular weight is 300 g/mol. The van der Waals surface area contributed by atoms with E-state index in [4.69, 9.17) is 9.47 Å². The molecule has 124 valence electrons. The summed E-state index contributed by atoms with van der Waals surface area (Å²) in [5, 5.41) is 6.75. The van der Waals surface area contributed by atoms with Crippen molar-refractivity contribution in [3.63, 3.8) is 0 Å². The fraction of sp³-hybridized carbons (Fsp3) is 0.933. The van der Waals surface area contributed by atoms with Crippen LogP contribution in [0.2, 0.25) is 0 Å². The zero-order valence-corrected chi connectivity index (χ0v) is 13.9. The van der Waals surface area contributed by atoms with Gasteiger partial charge in [0.2, 0.25) is 0 Å². The molecule has 0 radical (unpaired) electrons. The normalized spacial score (nSPS) is 20.0. The van der Waals surface area contributed by atoms with Gasteiger partial charge in [0.25, 0.3) is 0 Å². The standard InChI is InChI=1S/C15H32N4O2/c1-4-21-11-6-8-17-15(16-2)18-13-14-7-5-9-19(14)10-12-20-3/h14H,4-13H2,1-3H3,(H2,16,17,18). The Kier molecular flexibility index (Phi) is 10.2. The van der Waals surface area contributed by atoms with Gasteiger partial charge >= 0.3 is 0 Å². The van der Waals surface area contributed by atoms with Crippen molar-refractivity contribution in [2.24, 2.45) is 4.99 Å². The topological polar surface area (TPSA) is 58.1 Å². The van der Waals surface area contributed by atoms with Crippen molar-refractivity contribution >= 4 is 5.96 Å². The van der Waals surface area contributed by atoms with Gasteiger partial charge in [-0.15, -0.1) is 0 Å². The number of hydrogen-bond donors (Lipinski definition) is 2. The van der Waals surface area contributed by atoms with Crippen molar-refractivity contribution in [3.8, 4) is 0 Å². The lowest BCUT2D eigenvalue weighted by atomic mass is 10.2. The Bertz CT molecular complexity index is 287. The molecular formula is C15H32N4O2. The van der Waals surface area contributed by atoms with Gasteiger partial charge in [-0.1, -0.05) is 0 Å². The number of nitrogens with one attached hydrogen (secondary N) is 2. The smallest absolute Gasteiger partial charge is 0.191 e. The Morgan fingerprint density at radius 2 is 2.19 bits per heavy atom. The van der Waals surface area contributed by atoms with Crippen LogP contribution in [0.4, 0.5) is 0 Å². The van der Waals surface area contributed by atoms with Crippen LogP contribution in [0, 0.1) is 0 Å². The molecule has 1 heterocycles. The molecule has 0 aromatic heterocycles. The molecule has 6 heteroatoms. The Morgan fingerprint density at radius 1 is 1.33 bits per heavy atom. The van der Waals surface area contributed by atoms with Gasteiger partial charge in [-0.3, -0.25) is 9.89 Å². The molecule has 6 nitrogen and oxygen atoms in total. The van der Waals surface area contributed by atoms with Crippen molar-refractivity contribution in [2.45, 2.75) is 32.2 Å². The third-order valence-corrected chi connectivity index (χ3v) is 3.77. The molecule has 21 heavy (non-hydrogen) atoms. The number of methoxy groups -OCH3 is 1. The van der Waals surface area contributed by atoms with E-state index < -0.39 is 0 Å². The summed E-state index contributed by atoms with van der Waals surface area (Å²) in [4.78, 5) is 6.76. The summed E-state index contributed by atoms with van der Waals surface area (Å²) >= 11 is 0. The lowest BCUT2D eigenvalue weighted by molar-refractivity contribution is 0.141. The summed E-state index contributed by atoms with van der Waals surface area (Å²) in [6, 6.07) is 0.585. The molecule has 0 aromatic carbocycles. The number of rotatable bonds is 10. The van der Waals surface area contributed by atoms with Gasteiger partial charge in [0.05, 0.1) is 6.61 Å². The van der Waals surface area contributed by atoms with E-state index in [0.717, 1.165) is 51.8 Å². The van der Waals surface area contributed by atoms with Crippen LogP contribution >= 0.6 is 0 Å². The predicted molar refractivity (Wildman–Crippen MR) is 86.9 cm³/mol. The highest BCUT2D eigenvalue weighted by Gasteiger charge is 2.23. The molecular weight excluding hydrogens is 268 g/mol. The minimum absolute atomic E-state index is 0.585. The maximum absolute atomic E-state index is 5.32. The lowest BCUT2D eigenvalue weighted by Crippen LogP contribution is -2.45. The van der Waals surface area contributed by atoms with Crippen LogP contribution < -0.4 is 10.6 Å². The third kappa shape index (κ3) is 7.64. The van der Waals surface area contributed by atoms with Crippen LogP contribution in [0.1, 0.15) is 26.2 Å². The number of likely N-dealkylation sites (tertiary alicyclic amines) is 1. The van der Waals surface area contributed by atoms with E-state index in [2.05, 4.69) is 20.5 Å². The number of guanidine groups is 1. The minimum atomic E-state index is 0.585. The molecule has 0 aliphatic carbocycles. The highest BCUT2D eigenvalue weighted by Crippen LogP contribution is 2.15. The largest absolute Gasteiger partial charge is 0.383 e. The molecule has 2 N–H and O–H groups in total. The minimum Gasteiger partial charge on any atom is -0.383 e. The van der Waals surface area contributed by atoms with Gasteiger partial charge in [-0.25, -0.2) is 0 Å². The summed E-state index contributed by atoms with van der Waals surface area (Å²) in [6.07, 6.45) is 3.52. The lowest BCUT2D eigenvalue weighted by Gasteiger charge is -2.25. The highest BCUT2D eigenvalue weighted by molar-refractivity contribution is 5.79. The summed E-state index contributed by atoms with van der Waals surface area (Å²) in [5.41, 5.74) is 0. The summed E-state index contributed by atoms with van der Waals surface area (Å²) in [6.45, 7) is 8.43. The second kappa shape index (κ2) is 11.8. The molecule has 1 aliphatic rings. The number of ether oxygens (including phenoxy) is 2. The van der Waals surface area contributed by atoms with Crippen molar-refractivity contribution in [2.75, 3.05) is 60.2 Å². The maximum Gasteiger partial charge on any atom is 0.191 e. The van der Waals surface area contributed by atoms with Gasteiger partial charge in [-0.05, 0) is 32.7 Å². The first-order valence-electron chi connectivity index (χ1n) is 8.07. The van der Waals surface area contributed by atoms with E-state index in [-0.39, 0.29) is 0 Å². The van der Waals surface area contributed by atoms with E-state index in [1.54, 1.807) is 7.11 Å². The van der Waals surface area contributed by atoms with Crippen molar-refractivity contribution < 1.29 is 9.47 Å². The zero-order chi connectivity index (χ0) is 15.3. The van der Waals surface area contributed by atoms with Gasteiger partial charge in [0.15, 0.2) is 5.96 Å². The molecule has 0 amide bonds. The fourth-order valence-corrected chi connectivity index (χ4v) is 2.59. The molecule has 1 rings (SSSR count). The SMILES string of the molecule is CCOCCCNC(=NC)NCC1CCCN1CCOC. The monoisotopic (exact) mass is 300 g/mol. The van der Waals surface area contributed by atoms with Crippen molar-refractivity contribution in [1.29, 1.82) is 0 Å². The van der Waals surface area contributed by atoms with Crippen LogP contribution in [0.3, 0.4) is 0 Å². The average Bonchev–Trinajstić information content (AvgIpc) is 2.95. The Balaban J connectivity index is 2.18. The van der Waals surface area contributed by atoms with E-state index in [1.165, 1.54) is 19.4 Å². The first-order valence-corrected chi connectivity index (χ1v) is 8.07. The van der Waals surface area contributed by atoms with Crippen LogP contribution in [0.25, 0.3) is 0 Å². The van der Waals surface area contributed by atoms with Crippen molar-refractivity contribution in [3.05, 3.63) is 0 Å². The molecule has 1 aliphatic heterocycles. The maximum atomic E-state index is 5.32. The van der Waals surface area contributed by atoms with E-state index in [0.29, 0.717) is 6.04 Å². The molecule has 1 saturated heterocycles. The van der Waals surface area contributed by atoms with Gasteiger partial charge in [-0.2, -0.15) is 0 Å². The first-order chi connectivity index (χ1) is 10.3. The van der Waals surface area contributed by atoms with Gasteiger partial charge < -0.3 is 20.1 Å². The molecule has 1 fully saturated rings. The first kappa shape index (κ1) is 18.2. The molecule has 1 atom stereocenters. The molecule has 0 spiro atoms. The highest BCUT2D eigenvalue weighted by atomic mass is 16.5. The Hall–Kier alpha value is -0.850. The Morgan fingerprint density at radius 3 is 2.90 bits per heavy atom. The number of aliphatic imine (C=N–C) groups is 1. The summed E-state index contributed by atoms with van der Waals surface area (Å²) in [7, 11) is 3.58. The molecule has 0 saturated carbocycles. The quantitative estimate of drug-likeness (QED) is 0.353. The molecule has 0 aromatic rings. The molecule has 1 unspecified atom stereocenters. The van der Waals surface area contributed by atoms with Crippen LogP contribution in [0.15, 0.2) is 4.99 Å². The second-order valence-electron chi connectivity index (χ2n) is 5.26. The van der Waals surface area contributed by atoms with E-state index in [9.17, 15) is 0 Å². The van der Waals surface area contributed by atoms with Gasteiger partial charge in [0, 0.05) is 53.0 Å². The van der Waals surface area contributed by atoms with Gasteiger partial charge in [0.1, 0.15) is 0 Å². The zero-order valence-electron chi connectivity index (χ0n) is 13.9. The van der Waals surface area contributed by atoms with E-state index in [1.807, 2.05) is 14.0 Å². The molecule has 0 bridgehead atoms. The van der Waals surface area contributed by atoms with Crippen molar-refractivity contribution in [1.82, 2.24) is 15.5 Å². The number of nitrogens with zero attached hydrogens (tertiary/aromatic N) is 2. The fourth-order valence-electron chi connectivity index (χ4n) is 2.59. The van der Waals surface area contributed by atoms with Crippen LogP contribution in [0.5, 0.6) is 0 Å². The van der Waals surface area contributed by atoms with E-state index >= 15 is 0 Å². The van der Waals surface area contributed by atoms with Crippen LogP contribution in [-0.4, -0.2) is 77.1 Å².